The average molecular weight is 317 g/mol. The number of aliphatic hydroxyl groups excluding tert-OH is 1. The summed E-state index contributed by atoms with van der Waals surface area (Å²) in [5, 5.41) is 10.3. The Balaban J connectivity index is 1.95. The third kappa shape index (κ3) is 2.55. The van der Waals surface area contributed by atoms with Crippen LogP contribution in [0.15, 0.2) is 53.3 Å². The molecule has 3 nitrogen and oxygen atoms in total. The molecule has 0 saturated carbocycles. The van der Waals surface area contributed by atoms with Gasteiger partial charge in [-0.2, -0.15) is 0 Å². The summed E-state index contributed by atoms with van der Waals surface area (Å²) in [6.45, 7) is 0.824. The lowest BCUT2D eigenvalue weighted by Gasteiger charge is -2.05. The van der Waals surface area contributed by atoms with Crippen LogP contribution in [0.2, 0.25) is 0 Å². The molecule has 0 amide bonds. The SMILES string of the molecule is OCc1ccc2c(ccn2Cc2ccc(Br)cn2)c1. The molecule has 0 aliphatic carbocycles. The van der Waals surface area contributed by atoms with Gasteiger partial charge in [-0.3, -0.25) is 4.98 Å². The second-order valence-corrected chi connectivity index (χ2v) is 5.38. The molecule has 3 aromatic rings. The molecule has 0 bridgehead atoms. The highest BCUT2D eigenvalue weighted by atomic mass is 79.9. The number of nitrogens with zero attached hydrogens (tertiary/aromatic N) is 2. The number of rotatable bonds is 3. The highest BCUT2D eigenvalue weighted by molar-refractivity contribution is 9.10. The Labute approximate surface area is 119 Å². The predicted molar refractivity (Wildman–Crippen MR) is 78.9 cm³/mol. The zero-order valence-electron chi connectivity index (χ0n) is 10.3. The van der Waals surface area contributed by atoms with Crippen molar-refractivity contribution in [3.8, 4) is 0 Å². The first kappa shape index (κ1) is 12.4. The van der Waals surface area contributed by atoms with Gasteiger partial charge in [0, 0.05) is 22.4 Å². The minimum absolute atomic E-state index is 0.0788. The van der Waals surface area contributed by atoms with Crippen LogP contribution in [0, 0.1) is 0 Å². The molecule has 3 rings (SSSR count). The molecule has 0 atom stereocenters. The Morgan fingerprint density at radius 3 is 2.79 bits per heavy atom. The summed E-state index contributed by atoms with van der Waals surface area (Å²) in [7, 11) is 0. The first-order valence-electron chi connectivity index (χ1n) is 6.05. The first-order chi connectivity index (χ1) is 9.26. The lowest BCUT2D eigenvalue weighted by molar-refractivity contribution is 0.282. The lowest BCUT2D eigenvalue weighted by Crippen LogP contribution is -1.99. The van der Waals surface area contributed by atoms with Crippen LogP contribution in [0.1, 0.15) is 11.3 Å². The minimum atomic E-state index is 0.0788. The van der Waals surface area contributed by atoms with Crippen molar-refractivity contribution in [3.63, 3.8) is 0 Å². The van der Waals surface area contributed by atoms with Crippen LogP contribution in [0.5, 0.6) is 0 Å². The Morgan fingerprint density at radius 2 is 2.05 bits per heavy atom. The number of aliphatic hydroxyl groups is 1. The summed E-state index contributed by atoms with van der Waals surface area (Å²) in [6.07, 6.45) is 3.86. The van der Waals surface area contributed by atoms with E-state index in [0.29, 0.717) is 0 Å². The molecule has 2 aromatic heterocycles. The van der Waals surface area contributed by atoms with Gasteiger partial charge < -0.3 is 9.67 Å². The van der Waals surface area contributed by atoms with E-state index in [2.05, 4.69) is 37.7 Å². The van der Waals surface area contributed by atoms with Gasteiger partial charge in [-0.15, -0.1) is 0 Å². The van der Waals surface area contributed by atoms with Crippen LogP contribution in [-0.4, -0.2) is 14.7 Å². The number of halogens is 1. The minimum Gasteiger partial charge on any atom is -0.392 e. The summed E-state index contributed by atoms with van der Waals surface area (Å²) >= 11 is 3.39. The molecular weight excluding hydrogens is 304 g/mol. The molecule has 2 heterocycles. The second-order valence-electron chi connectivity index (χ2n) is 4.46. The van der Waals surface area contributed by atoms with Crippen molar-refractivity contribution in [2.75, 3.05) is 0 Å². The Bertz CT molecular complexity index is 704. The van der Waals surface area contributed by atoms with Crippen molar-refractivity contribution in [1.29, 1.82) is 0 Å². The Kier molecular flexibility index (Phi) is 3.36. The number of benzene rings is 1. The van der Waals surface area contributed by atoms with Gasteiger partial charge in [0.1, 0.15) is 0 Å². The molecular formula is C15H13BrN2O. The fourth-order valence-corrected chi connectivity index (χ4v) is 2.39. The number of hydrogen-bond donors (Lipinski definition) is 1. The van der Waals surface area contributed by atoms with E-state index in [1.165, 1.54) is 0 Å². The van der Waals surface area contributed by atoms with E-state index in [1.54, 1.807) is 0 Å². The highest BCUT2D eigenvalue weighted by Gasteiger charge is 2.03. The first-order valence-corrected chi connectivity index (χ1v) is 6.84. The summed E-state index contributed by atoms with van der Waals surface area (Å²) in [6, 6.07) is 12.1. The van der Waals surface area contributed by atoms with Crippen LogP contribution >= 0.6 is 15.9 Å². The van der Waals surface area contributed by atoms with E-state index in [-0.39, 0.29) is 6.61 Å². The molecule has 1 aromatic carbocycles. The van der Waals surface area contributed by atoms with Crippen LogP contribution in [0.3, 0.4) is 0 Å². The quantitative estimate of drug-likeness (QED) is 0.804. The third-order valence-electron chi connectivity index (χ3n) is 3.14. The number of fused-ring (bicyclic) bond motifs is 1. The molecule has 0 fully saturated rings. The van der Waals surface area contributed by atoms with Crippen LogP contribution in [0.25, 0.3) is 10.9 Å². The maximum absolute atomic E-state index is 9.14. The molecule has 19 heavy (non-hydrogen) atoms. The van der Waals surface area contributed by atoms with Gasteiger partial charge in [-0.1, -0.05) is 6.07 Å². The molecule has 0 aliphatic rings. The monoisotopic (exact) mass is 316 g/mol. The Morgan fingerprint density at radius 1 is 1.16 bits per heavy atom. The number of aromatic nitrogens is 2. The molecule has 0 saturated heterocycles. The molecule has 4 heteroatoms. The van der Waals surface area contributed by atoms with E-state index in [1.807, 2.05) is 36.5 Å². The highest BCUT2D eigenvalue weighted by Crippen LogP contribution is 2.19. The molecule has 0 unspecified atom stereocenters. The van der Waals surface area contributed by atoms with E-state index >= 15 is 0 Å². The van der Waals surface area contributed by atoms with Crippen molar-refractivity contribution in [2.45, 2.75) is 13.2 Å². The number of hydrogen-bond acceptors (Lipinski definition) is 2. The molecule has 0 aliphatic heterocycles. The summed E-state index contributed by atoms with van der Waals surface area (Å²) in [4.78, 5) is 4.39. The normalized spacial score (nSPS) is 11.1. The van der Waals surface area contributed by atoms with Gasteiger partial charge in [0.2, 0.25) is 0 Å². The van der Waals surface area contributed by atoms with Crippen LogP contribution < -0.4 is 0 Å². The Hall–Kier alpha value is -1.65. The van der Waals surface area contributed by atoms with E-state index < -0.39 is 0 Å². The summed E-state index contributed by atoms with van der Waals surface area (Å²) in [5.41, 5.74) is 3.11. The lowest BCUT2D eigenvalue weighted by atomic mass is 10.2. The summed E-state index contributed by atoms with van der Waals surface area (Å²) < 4.78 is 3.15. The van der Waals surface area contributed by atoms with Crippen LogP contribution in [-0.2, 0) is 13.2 Å². The van der Waals surface area contributed by atoms with Crippen molar-refractivity contribution in [3.05, 3.63) is 64.5 Å². The van der Waals surface area contributed by atoms with Crippen molar-refractivity contribution >= 4 is 26.8 Å². The smallest absolute Gasteiger partial charge is 0.0682 e. The average Bonchev–Trinajstić information content (AvgIpc) is 2.83. The molecule has 1 N–H and O–H groups in total. The van der Waals surface area contributed by atoms with E-state index in [0.717, 1.165) is 33.2 Å². The van der Waals surface area contributed by atoms with Gasteiger partial charge in [-0.25, -0.2) is 0 Å². The number of pyridine rings is 1. The topological polar surface area (TPSA) is 38.0 Å². The fourth-order valence-electron chi connectivity index (χ4n) is 2.16. The zero-order valence-corrected chi connectivity index (χ0v) is 11.8. The second kappa shape index (κ2) is 5.15. The third-order valence-corrected chi connectivity index (χ3v) is 3.61. The fraction of sp³-hybridized carbons (Fsp3) is 0.133. The maximum atomic E-state index is 9.14. The molecule has 0 spiro atoms. The van der Waals surface area contributed by atoms with Gasteiger partial charge in [0.05, 0.1) is 18.8 Å². The molecule has 0 radical (unpaired) electrons. The molecule has 96 valence electrons. The zero-order chi connectivity index (χ0) is 13.2. The summed E-state index contributed by atoms with van der Waals surface area (Å²) in [5.74, 6) is 0. The van der Waals surface area contributed by atoms with Gasteiger partial charge in [0.25, 0.3) is 0 Å². The standard InChI is InChI=1S/C15H13BrN2O/c16-13-2-3-14(17-8-13)9-18-6-5-12-7-11(10-19)1-4-15(12)18/h1-8,19H,9-10H2. The van der Waals surface area contributed by atoms with E-state index in [9.17, 15) is 0 Å². The predicted octanol–water partition coefficient (Wildman–Crippen LogP) is 3.34. The largest absolute Gasteiger partial charge is 0.392 e. The van der Waals surface area contributed by atoms with Crippen molar-refractivity contribution in [1.82, 2.24) is 9.55 Å². The van der Waals surface area contributed by atoms with Gasteiger partial charge in [0.15, 0.2) is 0 Å². The van der Waals surface area contributed by atoms with Crippen molar-refractivity contribution < 1.29 is 5.11 Å². The maximum Gasteiger partial charge on any atom is 0.0682 e. The van der Waals surface area contributed by atoms with Gasteiger partial charge in [-0.05, 0) is 57.2 Å². The van der Waals surface area contributed by atoms with Crippen LogP contribution in [0.4, 0.5) is 0 Å². The van der Waals surface area contributed by atoms with E-state index in [4.69, 9.17) is 5.11 Å². The van der Waals surface area contributed by atoms with Crippen molar-refractivity contribution in [2.24, 2.45) is 0 Å². The van der Waals surface area contributed by atoms with Gasteiger partial charge >= 0.3 is 0 Å².